The molecule has 0 aromatic carbocycles. The van der Waals surface area contributed by atoms with Gasteiger partial charge in [0.2, 0.25) is 0 Å². The Balaban J connectivity index is 4.06. The first kappa shape index (κ1) is 9.52. The minimum absolute atomic E-state index is 0.164. The van der Waals surface area contributed by atoms with Crippen molar-refractivity contribution in [2.45, 2.75) is 25.1 Å². The highest BCUT2D eigenvalue weighted by Gasteiger charge is 2.24. The molecule has 0 bridgehead atoms. The van der Waals surface area contributed by atoms with E-state index in [1.165, 1.54) is 0 Å². The smallest absolute Gasteiger partial charge is 0.0630 e. The lowest BCUT2D eigenvalue weighted by Gasteiger charge is -2.22. The van der Waals surface area contributed by atoms with Gasteiger partial charge in [-0.3, -0.25) is 0 Å². The molecule has 0 fully saturated rings. The van der Waals surface area contributed by atoms with Gasteiger partial charge in [-0.05, 0) is 12.8 Å². The molecular weight excluding hydrogens is 146 g/mol. The lowest BCUT2D eigenvalue weighted by molar-refractivity contribution is 0.502. The number of halogens is 1. The zero-order chi connectivity index (χ0) is 8.20. The molecule has 0 aromatic rings. The first-order valence-electron chi connectivity index (χ1n) is 3.24. The monoisotopic (exact) mass is 157 g/mol. The van der Waals surface area contributed by atoms with Crippen LogP contribution in [0.5, 0.6) is 0 Å². The molecular formula is C8H12ClN. The van der Waals surface area contributed by atoms with Crippen molar-refractivity contribution in [2.75, 3.05) is 0 Å². The van der Waals surface area contributed by atoms with Gasteiger partial charge < -0.3 is 0 Å². The van der Waals surface area contributed by atoms with Crippen LogP contribution in [0.25, 0.3) is 0 Å². The molecule has 0 saturated carbocycles. The van der Waals surface area contributed by atoms with Gasteiger partial charge in [0.1, 0.15) is 0 Å². The number of nitrogens with zero attached hydrogens (tertiary/aromatic N) is 1. The van der Waals surface area contributed by atoms with Gasteiger partial charge in [-0.1, -0.05) is 13.0 Å². The number of hydrogen-bond acceptors (Lipinski definition) is 1. The average molecular weight is 158 g/mol. The van der Waals surface area contributed by atoms with E-state index in [0.717, 1.165) is 0 Å². The fourth-order valence-corrected chi connectivity index (χ4v) is 0.615. The lowest BCUT2D eigenvalue weighted by Crippen LogP contribution is -2.22. The van der Waals surface area contributed by atoms with Crippen molar-refractivity contribution >= 4 is 11.6 Å². The summed E-state index contributed by atoms with van der Waals surface area (Å²) in [4.78, 5) is -0.435. The standard InChI is InChI=1S/C8H12ClN/c1-4-8(3,9)7(2)5-6-10/h4,7H,1,5H2,2-3H3/t7-,8?/m1/s1. The van der Waals surface area contributed by atoms with Gasteiger partial charge in [-0.15, -0.1) is 18.2 Å². The van der Waals surface area contributed by atoms with E-state index in [2.05, 4.69) is 12.6 Å². The molecule has 0 aliphatic heterocycles. The van der Waals surface area contributed by atoms with Crippen LogP contribution in [0.1, 0.15) is 20.3 Å². The van der Waals surface area contributed by atoms with E-state index in [-0.39, 0.29) is 5.92 Å². The van der Waals surface area contributed by atoms with E-state index in [4.69, 9.17) is 16.9 Å². The molecule has 1 nitrogen and oxygen atoms in total. The molecule has 1 unspecified atom stereocenters. The molecule has 0 aliphatic rings. The van der Waals surface area contributed by atoms with Crippen molar-refractivity contribution in [3.05, 3.63) is 12.7 Å². The van der Waals surface area contributed by atoms with Crippen molar-refractivity contribution in [3.8, 4) is 6.07 Å². The summed E-state index contributed by atoms with van der Waals surface area (Å²) in [6, 6.07) is 2.08. The fraction of sp³-hybridized carbons (Fsp3) is 0.625. The van der Waals surface area contributed by atoms with Gasteiger partial charge in [0.25, 0.3) is 0 Å². The average Bonchev–Trinajstić information content (AvgIpc) is 1.89. The summed E-state index contributed by atoms with van der Waals surface area (Å²) in [7, 11) is 0. The van der Waals surface area contributed by atoms with Crippen molar-refractivity contribution in [1.82, 2.24) is 0 Å². The van der Waals surface area contributed by atoms with E-state index in [1.807, 2.05) is 13.8 Å². The van der Waals surface area contributed by atoms with E-state index in [0.29, 0.717) is 6.42 Å². The lowest BCUT2D eigenvalue weighted by atomic mass is 9.93. The first-order chi connectivity index (χ1) is 4.54. The maximum atomic E-state index is 8.35. The number of rotatable bonds is 3. The summed E-state index contributed by atoms with van der Waals surface area (Å²) in [6.07, 6.45) is 2.16. The first-order valence-corrected chi connectivity index (χ1v) is 3.62. The predicted molar refractivity (Wildman–Crippen MR) is 43.8 cm³/mol. The molecule has 0 radical (unpaired) electrons. The van der Waals surface area contributed by atoms with Crippen LogP contribution < -0.4 is 0 Å². The Hall–Kier alpha value is -0.480. The van der Waals surface area contributed by atoms with Gasteiger partial charge in [-0.2, -0.15) is 5.26 Å². The van der Waals surface area contributed by atoms with Gasteiger partial charge >= 0.3 is 0 Å². The minimum atomic E-state index is -0.435. The second kappa shape index (κ2) is 3.63. The molecule has 56 valence electrons. The molecule has 2 heteroatoms. The maximum Gasteiger partial charge on any atom is 0.0630 e. The van der Waals surface area contributed by atoms with Gasteiger partial charge in [-0.25, -0.2) is 0 Å². The summed E-state index contributed by atoms with van der Waals surface area (Å²) in [5, 5.41) is 8.35. The highest BCUT2D eigenvalue weighted by Crippen LogP contribution is 2.27. The summed E-state index contributed by atoms with van der Waals surface area (Å²) < 4.78 is 0. The van der Waals surface area contributed by atoms with E-state index in [9.17, 15) is 0 Å². The molecule has 0 aliphatic carbocycles. The zero-order valence-electron chi connectivity index (χ0n) is 6.39. The van der Waals surface area contributed by atoms with Crippen LogP contribution in [-0.4, -0.2) is 4.87 Å². The molecule has 10 heavy (non-hydrogen) atoms. The number of hydrogen-bond donors (Lipinski definition) is 0. The van der Waals surface area contributed by atoms with Crippen LogP contribution in [-0.2, 0) is 0 Å². The van der Waals surface area contributed by atoms with Gasteiger partial charge in [0.15, 0.2) is 0 Å². The van der Waals surface area contributed by atoms with Crippen LogP contribution in [0, 0.1) is 17.2 Å². The Kier molecular flexibility index (Phi) is 3.46. The third-order valence-corrected chi connectivity index (χ3v) is 2.29. The Morgan fingerprint density at radius 3 is 2.70 bits per heavy atom. The Bertz CT molecular complexity index is 155. The molecule has 0 amide bonds. The van der Waals surface area contributed by atoms with E-state index < -0.39 is 4.87 Å². The number of alkyl halides is 1. The SMILES string of the molecule is C=CC(C)(Cl)[C@H](C)CC#N. The molecule has 0 aromatic heterocycles. The minimum Gasteiger partial charge on any atom is -0.198 e. The molecule has 0 saturated heterocycles. The summed E-state index contributed by atoms with van der Waals surface area (Å²) in [5.74, 6) is 0.164. The molecule has 0 spiro atoms. The fourth-order valence-electron chi connectivity index (χ4n) is 0.538. The molecule has 0 heterocycles. The zero-order valence-corrected chi connectivity index (χ0v) is 7.15. The van der Waals surface area contributed by atoms with E-state index in [1.54, 1.807) is 6.08 Å². The third-order valence-electron chi connectivity index (χ3n) is 1.76. The largest absolute Gasteiger partial charge is 0.198 e. The van der Waals surface area contributed by atoms with Crippen LogP contribution in [0.2, 0.25) is 0 Å². The summed E-state index contributed by atoms with van der Waals surface area (Å²) in [5.41, 5.74) is 0. The Morgan fingerprint density at radius 2 is 2.40 bits per heavy atom. The molecule has 0 rings (SSSR count). The highest BCUT2D eigenvalue weighted by atomic mass is 35.5. The van der Waals surface area contributed by atoms with Crippen LogP contribution in [0.15, 0.2) is 12.7 Å². The number of nitriles is 1. The van der Waals surface area contributed by atoms with Crippen molar-refractivity contribution < 1.29 is 0 Å². The quantitative estimate of drug-likeness (QED) is 0.457. The Labute approximate surface area is 67.3 Å². The van der Waals surface area contributed by atoms with Gasteiger partial charge in [0, 0.05) is 6.42 Å². The Morgan fingerprint density at radius 1 is 1.90 bits per heavy atom. The van der Waals surface area contributed by atoms with Crippen molar-refractivity contribution in [3.63, 3.8) is 0 Å². The van der Waals surface area contributed by atoms with Crippen molar-refractivity contribution in [2.24, 2.45) is 5.92 Å². The normalized spacial score (nSPS) is 18.6. The number of allylic oxidation sites excluding steroid dienone is 1. The predicted octanol–water partition coefficient (Wildman–Crippen LogP) is 2.72. The summed E-state index contributed by atoms with van der Waals surface area (Å²) >= 11 is 5.98. The third kappa shape index (κ3) is 2.41. The maximum absolute atomic E-state index is 8.35. The second-order valence-corrected chi connectivity index (χ2v) is 3.43. The van der Waals surface area contributed by atoms with E-state index >= 15 is 0 Å². The van der Waals surface area contributed by atoms with Crippen LogP contribution >= 0.6 is 11.6 Å². The summed E-state index contributed by atoms with van der Waals surface area (Å²) in [6.45, 7) is 7.40. The van der Waals surface area contributed by atoms with Gasteiger partial charge in [0.05, 0.1) is 10.9 Å². The van der Waals surface area contributed by atoms with Crippen LogP contribution in [0.3, 0.4) is 0 Å². The molecule has 2 atom stereocenters. The highest BCUT2D eigenvalue weighted by molar-refractivity contribution is 6.25. The van der Waals surface area contributed by atoms with Crippen LogP contribution in [0.4, 0.5) is 0 Å². The molecule has 0 N–H and O–H groups in total. The van der Waals surface area contributed by atoms with Crippen molar-refractivity contribution in [1.29, 1.82) is 5.26 Å². The topological polar surface area (TPSA) is 23.8 Å². The second-order valence-electron chi connectivity index (χ2n) is 2.62.